The van der Waals surface area contributed by atoms with E-state index in [0.29, 0.717) is 0 Å². The van der Waals surface area contributed by atoms with E-state index < -0.39 is 34.6 Å². The molecule has 5 atom stereocenters. The van der Waals surface area contributed by atoms with E-state index in [2.05, 4.69) is 10.6 Å². The maximum Gasteiger partial charge on any atom is 0.246 e. The molecule has 1 spiro atoms. The van der Waals surface area contributed by atoms with Gasteiger partial charge in [-0.25, -0.2) is 0 Å². The molecule has 0 aromatic carbocycles. The van der Waals surface area contributed by atoms with Crippen LogP contribution in [-0.4, -0.2) is 57.5 Å². The van der Waals surface area contributed by atoms with Crippen molar-refractivity contribution in [2.75, 3.05) is 0 Å². The van der Waals surface area contributed by atoms with Gasteiger partial charge in [0.15, 0.2) is 0 Å². The Morgan fingerprint density at radius 2 is 1.77 bits per heavy atom. The number of amides is 3. The fraction of sp³-hybridized carbons (Fsp3) is 0.783. The number of fused-ring (bicyclic) bond motifs is 1. The highest BCUT2D eigenvalue weighted by molar-refractivity contribution is 6.00. The van der Waals surface area contributed by atoms with Gasteiger partial charge >= 0.3 is 0 Å². The van der Waals surface area contributed by atoms with E-state index in [4.69, 9.17) is 4.74 Å². The monoisotopic (exact) mass is 415 g/mol. The molecule has 0 aromatic heterocycles. The topological polar surface area (TPSA) is 87.7 Å². The summed E-state index contributed by atoms with van der Waals surface area (Å²) >= 11 is 0. The Morgan fingerprint density at radius 1 is 1.10 bits per heavy atom. The molecule has 30 heavy (non-hydrogen) atoms. The van der Waals surface area contributed by atoms with E-state index in [-0.39, 0.29) is 29.8 Å². The molecule has 3 amide bonds. The molecule has 2 aliphatic carbocycles. The van der Waals surface area contributed by atoms with E-state index in [1.54, 1.807) is 4.90 Å². The van der Waals surface area contributed by atoms with Crippen molar-refractivity contribution in [2.24, 2.45) is 11.8 Å². The maximum atomic E-state index is 13.7. The Morgan fingerprint density at radius 3 is 2.37 bits per heavy atom. The Hall–Kier alpha value is -1.89. The van der Waals surface area contributed by atoms with Crippen LogP contribution in [0.2, 0.25) is 0 Å². The van der Waals surface area contributed by atoms with Crippen molar-refractivity contribution in [3.8, 4) is 0 Å². The third-order valence-electron chi connectivity index (χ3n) is 7.41. The van der Waals surface area contributed by atoms with Crippen molar-refractivity contribution in [1.82, 2.24) is 15.5 Å². The average Bonchev–Trinajstić information content (AvgIpc) is 3.00. The number of nitrogens with one attached hydrogen (secondary N) is 2. The van der Waals surface area contributed by atoms with Crippen LogP contribution in [-0.2, 0) is 19.1 Å². The van der Waals surface area contributed by atoms with E-state index in [1.165, 1.54) is 0 Å². The summed E-state index contributed by atoms with van der Waals surface area (Å²) in [5.74, 6) is -1.67. The second kappa shape index (κ2) is 6.31. The lowest BCUT2D eigenvalue weighted by Gasteiger charge is -2.35. The van der Waals surface area contributed by atoms with Crippen molar-refractivity contribution in [3.05, 3.63) is 12.2 Å². The van der Waals surface area contributed by atoms with E-state index in [0.717, 1.165) is 38.5 Å². The molecule has 0 unspecified atom stereocenters. The molecule has 7 nitrogen and oxygen atoms in total. The number of ether oxygens (including phenoxy) is 1. The minimum Gasteiger partial charge on any atom is -0.356 e. The van der Waals surface area contributed by atoms with Crippen LogP contribution in [0, 0.1) is 11.8 Å². The number of nitrogens with zero attached hydrogens (tertiary/aromatic N) is 1. The normalized spacial score (nSPS) is 40.2. The number of likely N-dealkylation sites (tertiary alicyclic amines) is 1. The fourth-order valence-corrected chi connectivity index (χ4v) is 6.11. The van der Waals surface area contributed by atoms with Crippen LogP contribution >= 0.6 is 0 Å². The standard InChI is InChI=1S/C23H33N3O4/c1-21(2,3)25-19(28)17-23-12-11-22(4,30-23)15(18(27)24-13-7-5-6-8-13)16(23)20(29)26(17)14-9-10-14/h11-17H,5-10H2,1-4H3,(H,24,27)(H,25,28)/t15-,16+,17-,22-,23-/m1/s1. The molecule has 164 valence electrons. The van der Waals surface area contributed by atoms with Crippen molar-refractivity contribution < 1.29 is 19.1 Å². The van der Waals surface area contributed by atoms with Gasteiger partial charge < -0.3 is 20.3 Å². The molecular formula is C23H33N3O4. The Balaban J connectivity index is 1.50. The Kier molecular flexibility index (Phi) is 4.22. The van der Waals surface area contributed by atoms with E-state index >= 15 is 0 Å². The molecular weight excluding hydrogens is 382 g/mol. The fourth-order valence-electron chi connectivity index (χ4n) is 6.11. The van der Waals surface area contributed by atoms with Gasteiger partial charge in [0.05, 0.1) is 17.4 Å². The molecule has 3 heterocycles. The predicted molar refractivity (Wildman–Crippen MR) is 110 cm³/mol. The first-order valence-corrected chi connectivity index (χ1v) is 11.4. The lowest BCUT2D eigenvalue weighted by molar-refractivity contribution is -0.146. The lowest BCUT2D eigenvalue weighted by atomic mass is 9.70. The van der Waals surface area contributed by atoms with Crippen molar-refractivity contribution >= 4 is 17.7 Å². The number of rotatable bonds is 4. The van der Waals surface area contributed by atoms with Gasteiger partial charge in [0, 0.05) is 17.6 Å². The molecule has 4 fully saturated rings. The minimum atomic E-state index is -1.07. The number of hydrogen-bond donors (Lipinski definition) is 2. The van der Waals surface area contributed by atoms with Gasteiger partial charge in [-0.15, -0.1) is 0 Å². The second-order valence-corrected chi connectivity index (χ2v) is 11.0. The largest absolute Gasteiger partial charge is 0.356 e. The van der Waals surface area contributed by atoms with Gasteiger partial charge in [-0.2, -0.15) is 0 Å². The van der Waals surface area contributed by atoms with Gasteiger partial charge in [-0.05, 0) is 53.4 Å². The van der Waals surface area contributed by atoms with E-state index in [1.807, 2.05) is 39.8 Å². The molecule has 2 N–H and O–H groups in total. The van der Waals surface area contributed by atoms with Crippen LogP contribution in [0.3, 0.4) is 0 Å². The first-order valence-electron chi connectivity index (χ1n) is 11.4. The van der Waals surface area contributed by atoms with Crippen LogP contribution < -0.4 is 10.6 Å². The minimum absolute atomic E-state index is 0.0654. The predicted octanol–water partition coefficient (Wildman–Crippen LogP) is 1.66. The smallest absolute Gasteiger partial charge is 0.246 e. The summed E-state index contributed by atoms with van der Waals surface area (Å²) in [6.07, 6.45) is 9.82. The summed E-state index contributed by atoms with van der Waals surface area (Å²) in [6, 6.07) is -0.490. The Labute approximate surface area is 178 Å². The Bertz CT molecular complexity index is 823. The van der Waals surface area contributed by atoms with Gasteiger partial charge in [0.2, 0.25) is 17.7 Å². The van der Waals surface area contributed by atoms with Crippen molar-refractivity contribution in [3.63, 3.8) is 0 Å². The molecule has 2 bridgehead atoms. The number of carbonyl (C=O) groups is 3. The first-order chi connectivity index (χ1) is 14.1. The zero-order chi connectivity index (χ0) is 21.5. The van der Waals surface area contributed by atoms with Crippen LogP contribution in [0.25, 0.3) is 0 Å². The lowest BCUT2D eigenvalue weighted by Crippen LogP contribution is -2.58. The summed E-state index contributed by atoms with van der Waals surface area (Å²) < 4.78 is 6.50. The van der Waals surface area contributed by atoms with Crippen LogP contribution in [0.15, 0.2) is 12.2 Å². The molecule has 0 aromatic rings. The summed E-state index contributed by atoms with van der Waals surface area (Å²) in [6.45, 7) is 7.67. The van der Waals surface area contributed by atoms with Gasteiger partial charge in [0.25, 0.3) is 0 Å². The molecule has 2 saturated carbocycles. The third-order valence-corrected chi connectivity index (χ3v) is 7.41. The zero-order valence-electron chi connectivity index (χ0n) is 18.4. The molecule has 5 aliphatic rings. The van der Waals surface area contributed by atoms with E-state index in [9.17, 15) is 14.4 Å². The summed E-state index contributed by atoms with van der Waals surface area (Å²) in [5, 5.41) is 6.23. The molecule has 5 rings (SSSR count). The number of hydrogen-bond acceptors (Lipinski definition) is 4. The summed E-state index contributed by atoms with van der Waals surface area (Å²) in [7, 11) is 0. The first kappa shape index (κ1) is 20.0. The highest BCUT2D eigenvalue weighted by Crippen LogP contribution is 2.61. The SMILES string of the molecule is CC(C)(C)NC(=O)[C@H]1N(C2CC2)C(=O)[C@@H]2[C@H](C(=O)NC3CCCC3)[C@@]3(C)C=C[C@@]21O3. The third kappa shape index (κ3) is 2.84. The second-order valence-electron chi connectivity index (χ2n) is 11.0. The van der Waals surface area contributed by atoms with Gasteiger partial charge in [-0.3, -0.25) is 14.4 Å². The molecule has 2 saturated heterocycles. The highest BCUT2D eigenvalue weighted by Gasteiger charge is 2.77. The molecule has 7 heteroatoms. The average molecular weight is 416 g/mol. The van der Waals surface area contributed by atoms with Crippen LogP contribution in [0.1, 0.15) is 66.2 Å². The summed E-state index contributed by atoms with van der Waals surface area (Å²) in [5.41, 5.74) is -2.35. The maximum absolute atomic E-state index is 13.7. The number of carbonyl (C=O) groups excluding carboxylic acids is 3. The van der Waals surface area contributed by atoms with Crippen LogP contribution in [0.4, 0.5) is 0 Å². The van der Waals surface area contributed by atoms with Crippen molar-refractivity contribution in [1.29, 1.82) is 0 Å². The van der Waals surface area contributed by atoms with Gasteiger partial charge in [0.1, 0.15) is 11.6 Å². The highest BCUT2D eigenvalue weighted by atomic mass is 16.5. The van der Waals surface area contributed by atoms with Gasteiger partial charge in [-0.1, -0.05) is 25.0 Å². The van der Waals surface area contributed by atoms with Crippen molar-refractivity contribution in [2.45, 2.75) is 101 Å². The molecule has 3 aliphatic heterocycles. The zero-order valence-corrected chi connectivity index (χ0v) is 18.4. The molecule has 0 radical (unpaired) electrons. The summed E-state index contributed by atoms with van der Waals surface area (Å²) in [4.78, 5) is 42.2. The van der Waals surface area contributed by atoms with Crippen LogP contribution in [0.5, 0.6) is 0 Å². The quantitative estimate of drug-likeness (QED) is 0.684.